The maximum absolute atomic E-state index is 16.9. The minimum absolute atomic E-state index is 0.108. The first-order chi connectivity index (χ1) is 22.7. The van der Waals surface area contributed by atoms with Crippen molar-refractivity contribution in [3.05, 3.63) is 75.7 Å². The summed E-state index contributed by atoms with van der Waals surface area (Å²) in [5.41, 5.74) is 4.20. The molecule has 0 spiro atoms. The second-order valence-electron chi connectivity index (χ2n) is 12.9. The summed E-state index contributed by atoms with van der Waals surface area (Å²) in [5.74, 6) is 1.33. The maximum Gasteiger partial charge on any atom is 0.253 e. The Hall–Kier alpha value is -4.02. The Labute approximate surface area is 278 Å². The Morgan fingerprint density at radius 2 is 1.72 bits per heavy atom. The minimum atomic E-state index is -0.220. The number of rotatable bonds is 8. The number of nitrogens with zero attached hydrogens (tertiary/aromatic N) is 5. The van der Waals surface area contributed by atoms with Crippen molar-refractivity contribution in [2.75, 3.05) is 69.0 Å². The van der Waals surface area contributed by atoms with E-state index in [1.165, 1.54) is 6.42 Å². The van der Waals surface area contributed by atoms with Gasteiger partial charge in [-0.1, -0.05) is 19.3 Å². The second-order valence-corrected chi connectivity index (χ2v) is 12.9. The Morgan fingerprint density at radius 3 is 2.36 bits per heavy atom. The molecule has 10 heteroatoms. The van der Waals surface area contributed by atoms with Crippen LogP contribution in [0.2, 0.25) is 0 Å². The Morgan fingerprint density at radius 1 is 1.00 bits per heavy atom. The molecule has 4 heterocycles. The van der Waals surface area contributed by atoms with Gasteiger partial charge in [0.2, 0.25) is 0 Å². The molecular formula is C37H51FN8O. The van der Waals surface area contributed by atoms with Gasteiger partial charge in [-0.05, 0) is 90.7 Å². The smallest absolute Gasteiger partial charge is 0.253 e. The van der Waals surface area contributed by atoms with E-state index in [1.54, 1.807) is 12.4 Å². The summed E-state index contributed by atoms with van der Waals surface area (Å²) >= 11 is 0. The predicted octanol–water partition coefficient (Wildman–Crippen LogP) is 6.10. The average Bonchev–Trinajstić information content (AvgIpc) is 3.07. The molecule has 0 atom stereocenters. The van der Waals surface area contributed by atoms with E-state index in [4.69, 9.17) is 9.97 Å². The van der Waals surface area contributed by atoms with E-state index < -0.39 is 0 Å². The number of benzene rings is 1. The first kappa shape index (κ1) is 34.3. The van der Waals surface area contributed by atoms with E-state index in [1.807, 2.05) is 58.3 Å². The van der Waals surface area contributed by atoms with E-state index in [2.05, 4.69) is 44.3 Å². The molecule has 2 aliphatic rings. The van der Waals surface area contributed by atoms with Gasteiger partial charge in [0.25, 0.3) is 5.56 Å². The maximum atomic E-state index is 16.9. The zero-order valence-electron chi connectivity index (χ0n) is 28.9. The standard InChI is InChI=1S/C35H44FN7O.C2H7N/c1-5-43(26-9-7-6-8-10-26)33-27-13-14-37-34(39-22-30-23(2)19-24(3)40-35(30)44)29(27)20-28(32(33)36)25-11-12-31(38-21-25)42-17-15-41(4)16-18-42;1-3-2/h11-14,19-21,26H,5-10,15-18,22H2,1-4H3,(H,37,39)(H,40,44);3H,1-2H3. The van der Waals surface area contributed by atoms with Crippen LogP contribution in [0, 0.1) is 19.7 Å². The lowest BCUT2D eigenvalue weighted by Crippen LogP contribution is -2.44. The number of piperazine rings is 1. The minimum Gasteiger partial charge on any atom is -0.366 e. The van der Waals surface area contributed by atoms with Gasteiger partial charge in [-0.2, -0.15) is 0 Å². The lowest BCUT2D eigenvalue weighted by atomic mass is 9.92. The Bertz CT molecular complexity index is 1690. The summed E-state index contributed by atoms with van der Waals surface area (Å²) in [7, 11) is 5.89. The molecule has 0 bridgehead atoms. The Balaban J connectivity index is 0.00000139. The third-order valence-electron chi connectivity index (χ3n) is 9.43. The molecule has 1 saturated heterocycles. The molecule has 2 fully saturated rings. The summed E-state index contributed by atoms with van der Waals surface area (Å²) < 4.78 is 16.9. The normalized spacial score (nSPS) is 15.8. The van der Waals surface area contributed by atoms with Crippen molar-refractivity contribution >= 4 is 28.1 Å². The van der Waals surface area contributed by atoms with Gasteiger partial charge < -0.3 is 30.3 Å². The summed E-state index contributed by atoms with van der Waals surface area (Å²) in [6, 6.07) is 10.1. The number of nitrogens with one attached hydrogen (secondary N) is 3. The highest BCUT2D eigenvalue weighted by Crippen LogP contribution is 2.41. The quantitative estimate of drug-likeness (QED) is 0.213. The van der Waals surface area contributed by atoms with Gasteiger partial charge in [-0.3, -0.25) is 4.79 Å². The monoisotopic (exact) mass is 642 g/mol. The molecule has 4 aromatic rings. The van der Waals surface area contributed by atoms with Gasteiger partial charge in [0, 0.05) is 90.9 Å². The van der Waals surface area contributed by atoms with Crippen LogP contribution in [0.3, 0.4) is 0 Å². The summed E-state index contributed by atoms with van der Waals surface area (Å²) in [6.07, 6.45) is 9.22. The van der Waals surface area contributed by atoms with Gasteiger partial charge in [-0.25, -0.2) is 14.4 Å². The molecule has 9 nitrogen and oxygen atoms in total. The third-order valence-corrected chi connectivity index (χ3v) is 9.43. The van der Waals surface area contributed by atoms with E-state index in [9.17, 15) is 4.79 Å². The van der Waals surface area contributed by atoms with Gasteiger partial charge in [0.15, 0.2) is 5.82 Å². The number of likely N-dealkylation sites (N-methyl/N-ethyl adjacent to an activating group) is 1. The molecule has 3 aromatic heterocycles. The van der Waals surface area contributed by atoms with E-state index in [-0.39, 0.29) is 17.4 Å². The lowest BCUT2D eigenvalue weighted by molar-refractivity contribution is 0.312. The van der Waals surface area contributed by atoms with Crippen LogP contribution in [-0.4, -0.2) is 79.8 Å². The molecule has 0 radical (unpaired) electrons. The number of aromatic amines is 1. The topological polar surface area (TPSA) is 92.4 Å². The van der Waals surface area contributed by atoms with Crippen molar-refractivity contribution in [3.63, 3.8) is 0 Å². The Kier molecular flexibility index (Phi) is 11.5. The van der Waals surface area contributed by atoms with Crippen LogP contribution < -0.4 is 26.0 Å². The number of hydrogen-bond donors (Lipinski definition) is 3. The molecule has 1 saturated carbocycles. The predicted molar refractivity (Wildman–Crippen MR) is 193 cm³/mol. The number of fused-ring (bicyclic) bond motifs is 1. The molecule has 6 rings (SSSR count). The van der Waals surface area contributed by atoms with Crippen LogP contribution >= 0.6 is 0 Å². The number of halogens is 1. The van der Waals surface area contributed by atoms with Crippen LogP contribution in [-0.2, 0) is 6.54 Å². The molecule has 3 N–H and O–H groups in total. The summed E-state index contributed by atoms with van der Waals surface area (Å²) in [4.78, 5) is 32.0. The molecule has 252 valence electrons. The van der Waals surface area contributed by atoms with Crippen LogP contribution in [0.1, 0.15) is 55.8 Å². The van der Waals surface area contributed by atoms with E-state index in [0.29, 0.717) is 35.7 Å². The van der Waals surface area contributed by atoms with Crippen molar-refractivity contribution in [3.8, 4) is 11.1 Å². The van der Waals surface area contributed by atoms with Crippen molar-refractivity contribution < 1.29 is 4.39 Å². The van der Waals surface area contributed by atoms with E-state index >= 15 is 4.39 Å². The fraction of sp³-hybridized carbons (Fsp3) is 0.486. The molecule has 0 unspecified atom stereocenters. The largest absolute Gasteiger partial charge is 0.366 e. The number of H-pyrrole nitrogens is 1. The number of hydrogen-bond acceptors (Lipinski definition) is 8. The molecular weight excluding hydrogens is 591 g/mol. The number of anilines is 3. The molecule has 1 aliphatic heterocycles. The highest BCUT2D eigenvalue weighted by atomic mass is 19.1. The summed E-state index contributed by atoms with van der Waals surface area (Å²) in [5, 5.41) is 7.83. The van der Waals surface area contributed by atoms with Crippen molar-refractivity contribution in [1.29, 1.82) is 0 Å². The van der Waals surface area contributed by atoms with Gasteiger partial charge in [0.05, 0.1) is 5.69 Å². The first-order valence-corrected chi connectivity index (χ1v) is 17.0. The van der Waals surface area contributed by atoms with Gasteiger partial charge in [-0.15, -0.1) is 0 Å². The molecule has 0 amide bonds. The zero-order chi connectivity index (χ0) is 33.5. The second kappa shape index (κ2) is 15.7. The molecule has 47 heavy (non-hydrogen) atoms. The van der Waals surface area contributed by atoms with Crippen LogP contribution in [0.15, 0.2) is 47.5 Å². The lowest BCUT2D eigenvalue weighted by Gasteiger charge is -2.36. The van der Waals surface area contributed by atoms with Crippen LogP contribution in [0.5, 0.6) is 0 Å². The zero-order valence-corrected chi connectivity index (χ0v) is 28.9. The highest BCUT2D eigenvalue weighted by molar-refractivity contribution is 6.03. The summed E-state index contributed by atoms with van der Waals surface area (Å²) in [6.45, 7) is 10.8. The number of aryl methyl sites for hydroxylation is 2. The van der Waals surface area contributed by atoms with E-state index in [0.717, 1.165) is 85.3 Å². The fourth-order valence-corrected chi connectivity index (χ4v) is 6.94. The number of pyridine rings is 3. The van der Waals surface area contributed by atoms with Gasteiger partial charge >= 0.3 is 0 Å². The highest BCUT2D eigenvalue weighted by Gasteiger charge is 2.27. The molecule has 1 aromatic carbocycles. The van der Waals surface area contributed by atoms with Crippen LogP contribution in [0.25, 0.3) is 21.9 Å². The van der Waals surface area contributed by atoms with Crippen molar-refractivity contribution in [2.24, 2.45) is 0 Å². The SMILES string of the molecule is CCN(c1c(F)c(-c2ccc(N3CCN(C)CC3)nc2)cc2c(NCc3c(C)cc(C)[nH]c3=O)nccc12)C1CCCCC1.CNC. The van der Waals surface area contributed by atoms with Crippen molar-refractivity contribution in [2.45, 2.75) is 65.5 Å². The fourth-order valence-electron chi connectivity index (χ4n) is 6.94. The number of aromatic nitrogens is 3. The van der Waals surface area contributed by atoms with Crippen molar-refractivity contribution in [1.82, 2.24) is 25.2 Å². The van der Waals surface area contributed by atoms with Crippen LogP contribution in [0.4, 0.5) is 21.7 Å². The van der Waals surface area contributed by atoms with Gasteiger partial charge in [0.1, 0.15) is 11.6 Å². The average molecular weight is 643 g/mol. The molecule has 1 aliphatic carbocycles. The third kappa shape index (κ3) is 7.76. The first-order valence-electron chi connectivity index (χ1n) is 17.0.